The van der Waals surface area contributed by atoms with Crippen molar-refractivity contribution in [3.05, 3.63) is 67.1 Å². The van der Waals surface area contributed by atoms with Gasteiger partial charge in [0.2, 0.25) is 5.91 Å². The third-order valence-corrected chi connectivity index (χ3v) is 4.53. The second-order valence-electron chi connectivity index (χ2n) is 6.29. The highest BCUT2D eigenvalue weighted by molar-refractivity contribution is 5.93. The number of ether oxygens (including phenoxy) is 1. The first-order valence-electron chi connectivity index (χ1n) is 8.79. The second-order valence-corrected chi connectivity index (χ2v) is 6.29. The average molecular weight is 373 g/mol. The predicted octanol–water partition coefficient (Wildman–Crippen LogP) is 3.16. The summed E-state index contributed by atoms with van der Waals surface area (Å²) >= 11 is 0. The predicted molar refractivity (Wildman–Crippen MR) is 107 cm³/mol. The summed E-state index contributed by atoms with van der Waals surface area (Å²) in [7, 11) is 3.38. The Balaban J connectivity index is 1.61. The third kappa shape index (κ3) is 3.42. The van der Waals surface area contributed by atoms with Gasteiger partial charge in [-0.1, -0.05) is 18.2 Å². The van der Waals surface area contributed by atoms with Crippen LogP contribution < -0.4 is 9.64 Å². The Morgan fingerprint density at radius 3 is 2.54 bits per heavy atom. The highest BCUT2D eigenvalue weighted by atomic mass is 16.5. The minimum Gasteiger partial charge on any atom is -0.497 e. The number of rotatable bonds is 5. The molecule has 4 aromatic rings. The van der Waals surface area contributed by atoms with Gasteiger partial charge >= 0.3 is 0 Å². The van der Waals surface area contributed by atoms with E-state index in [0.29, 0.717) is 17.0 Å². The molecule has 2 aromatic heterocycles. The Labute approximate surface area is 162 Å². The number of aromatic nitrogens is 4. The summed E-state index contributed by atoms with van der Waals surface area (Å²) < 4.78 is 6.93. The molecule has 7 heteroatoms. The number of carbonyl (C=O) groups is 1. The van der Waals surface area contributed by atoms with E-state index in [1.54, 1.807) is 36.1 Å². The van der Waals surface area contributed by atoms with Crippen molar-refractivity contribution < 1.29 is 9.53 Å². The van der Waals surface area contributed by atoms with Crippen LogP contribution in [0.25, 0.3) is 22.6 Å². The number of carbonyl (C=O) groups excluding carboxylic acids is 1. The quantitative estimate of drug-likeness (QED) is 0.537. The van der Waals surface area contributed by atoms with Gasteiger partial charge in [0.15, 0.2) is 11.5 Å². The highest BCUT2D eigenvalue weighted by Gasteiger charge is 2.15. The van der Waals surface area contributed by atoms with Crippen LogP contribution >= 0.6 is 0 Å². The number of fused-ring (bicyclic) bond motifs is 1. The number of likely N-dealkylation sites (N-methyl/N-ethyl adjacent to an activating group) is 1. The van der Waals surface area contributed by atoms with Crippen molar-refractivity contribution in [1.82, 2.24) is 19.5 Å². The standard InChI is InChI=1S/C21H19N5O2/c1-25(16-6-4-3-5-7-16)19(27)13-26-14-23-18-12-22-20(24-21(18)26)15-8-10-17(28-2)11-9-15/h3-12,14H,13H2,1-2H3. The lowest BCUT2D eigenvalue weighted by atomic mass is 10.2. The number of nitrogens with zero attached hydrogens (tertiary/aromatic N) is 5. The molecule has 0 spiro atoms. The molecule has 0 bridgehead atoms. The van der Waals surface area contributed by atoms with Crippen molar-refractivity contribution in [1.29, 1.82) is 0 Å². The summed E-state index contributed by atoms with van der Waals surface area (Å²) in [6.07, 6.45) is 3.29. The lowest BCUT2D eigenvalue weighted by Gasteiger charge is -2.17. The van der Waals surface area contributed by atoms with Gasteiger partial charge in [-0.25, -0.2) is 15.0 Å². The topological polar surface area (TPSA) is 73.1 Å². The maximum Gasteiger partial charge on any atom is 0.246 e. The molecule has 7 nitrogen and oxygen atoms in total. The van der Waals surface area contributed by atoms with Crippen LogP contribution in [0.15, 0.2) is 67.1 Å². The lowest BCUT2D eigenvalue weighted by molar-refractivity contribution is -0.118. The molecule has 0 radical (unpaired) electrons. The van der Waals surface area contributed by atoms with E-state index in [9.17, 15) is 4.79 Å². The summed E-state index contributed by atoms with van der Waals surface area (Å²) in [6.45, 7) is 0.140. The molecule has 0 aliphatic rings. The molecule has 0 aliphatic carbocycles. The van der Waals surface area contributed by atoms with Gasteiger partial charge in [-0.05, 0) is 36.4 Å². The van der Waals surface area contributed by atoms with E-state index in [2.05, 4.69) is 15.0 Å². The minimum absolute atomic E-state index is 0.0601. The average Bonchev–Trinajstić information content (AvgIpc) is 3.15. The number of hydrogen-bond acceptors (Lipinski definition) is 5. The van der Waals surface area contributed by atoms with E-state index in [1.807, 2.05) is 54.6 Å². The van der Waals surface area contributed by atoms with Crippen molar-refractivity contribution in [2.45, 2.75) is 6.54 Å². The fraction of sp³-hybridized carbons (Fsp3) is 0.143. The first-order chi connectivity index (χ1) is 13.7. The number of para-hydroxylation sites is 1. The van der Waals surface area contributed by atoms with Gasteiger partial charge < -0.3 is 14.2 Å². The van der Waals surface area contributed by atoms with E-state index in [-0.39, 0.29) is 12.5 Å². The van der Waals surface area contributed by atoms with Crippen LogP contribution in [0, 0.1) is 0 Å². The normalized spacial score (nSPS) is 10.8. The summed E-state index contributed by atoms with van der Waals surface area (Å²) in [5.74, 6) is 1.28. The fourth-order valence-electron chi connectivity index (χ4n) is 2.90. The first-order valence-corrected chi connectivity index (χ1v) is 8.79. The first kappa shape index (κ1) is 17.7. The number of amides is 1. The molecule has 1 amide bonds. The molecule has 140 valence electrons. The van der Waals surface area contributed by atoms with Crippen LogP contribution in [0.5, 0.6) is 5.75 Å². The van der Waals surface area contributed by atoms with E-state index in [0.717, 1.165) is 17.0 Å². The molecule has 28 heavy (non-hydrogen) atoms. The fourth-order valence-corrected chi connectivity index (χ4v) is 2.90. The van der Waals surface area contributed by atoms with Gasteiger partial charge in [0.1, 0.15) is 17.8 Å². The van der Waals surface area contributed by atoms with Gasteiger partial charge in [0.05, 0.1) is 19.6 Å². The van der Waals surface area contributed by atoms with Crippen LogP contribution in [-0.4, -0.2) is 39.6 Å². The van der Waals surface area contributed by atoms with Gasteiger partial charge in [-0.15, -0.1) is 0 Å². The lowest BCUT2D eigenvalue weighted by Crippen LogP contribution is -2.29. The van der Waals surface area contributed by atoms with Crippen LogP contribution in [0.2, 0.25) is 0 Å². The maximum atomic E-state index is 12.7. The monoisotopic (exact) mass is 373 g/mol. The van der Waals surface area contributed by atoms with Crippen molar-refractivity contribution in [2.75, 3.05) is 19.1 Å². The van der Waals surface area contributed by atoms with Gasteiger partial charge in [0.25, 0.3) is 0 Å². The molecular formula is C21H19N5O2. The molecule has 0 saturated carbocycles. The van der Waals surface area contributed by atoms with Crippen LogP contribution in [-0.2, 0) is 11.3 Å². The molecule has 0 unspecified atom stereocenters. The summed E-state index contributed by atoms with van der Waals surface area (Å²) in [4.78, 5) is 27.6. The minimum atomic E-state index is -0.0601. The van der Waals surface area contributed by atoms with Crippen molar-refractivity contribution >= 4 is 22.8 Å². The SMILES string of the molecule is COc1ccc(-c2ncc3ncn(CC(=O)N(C)c4ccccc4)c3n2)cc1. The number of anilines is 1. The van der Waals surface area contributed by atoms with Gasteiger partial charge in [0, 0.05) is 18.3 Å². The number of methoxy groups -OCH3 is 1. The third-order valence-electron chi connectivity index (χ3n) is 4.53. The Kier molecular flexibility index (Phi) is 4.72. The Hall–Kier alpha value is -3.74. The molecular weight excluding hydrogens is 354 g/mol. The summed E-state index contributed by atoms with van der Waals surface area (Å²) in [5.41, 5.74) is 2.97. The van der Waals surface area contributed by atoms with Gasteiger partial charge in [-0.3, -0.25) is 4.79 Å². The molecule has 0 saturated heterocycles. The van der Waals surface area contributed by atoms with E-state index < -0.39 is 0 Å². The van der Waals surface area contributed by atoms with E-state index in [1.165, 1.54) is 0 Å². The number of imidazole rings is 1. The van der Waals surface area contributed by atoms with Crippen molar-refractivity contribution in [2.24, 2.45) is 0 Å². The van der Waals surface area contributed by atoms with Gasteiger partial charge in [-0.2, -0.15) is 0 Å². The molecule has 2 heterocycles. The largest absolute Gasteiger partial charge is 0.497 e. The number of hydrogen-bond donors (Lipinski definition) is 0. The molecule has 0 fully saturated rings. The second kappa shape index (κ2) is 7.48. The van der Waals surface area contributed by atoms with E-state index in [4.69, 9.17) is 4.74 Å². The van der Waals surface area contributed by atoms with Crippen LogP contribution in [0.1, 0.15) is 0 Å². The Bertz CT molecular complexity index is 1110. The smallest absolute Gasteiger partial charge is 0.246 e. The summed E-state index contributed by atoms with van der Waals surface area (Å²) in [6, 6.07) is 17.0. The molecule has 0 N–H and O–H groups in total. The molecule has 2 aromatic carbocycles. The van der Waals surface area contributed by atoms with Crippen LogP contribution in [0.3, 0.4) is 0 Å². The molecule has 0 aliphatic heterocycles. The number of benzene rings is 2. The highest BCUT2D eigenvalue weighted by Crippen LogP contribution is 2.21. The van der Waals surface area contributed by atoms with Crippen molar-refractivity contribution in [3.63, 3.8) is 0 Å². The van der Waals surface area contributed by atoms with E-state index >= 15 is 0 Å². The summed E-state index contributed by atoms with van der Waals surface area (Å²) in [5, 5.41) is 0. The Morgan fingerprint density at radius 2 is 1.82 bits per heavy atom. The Morgan fingerprint density at radius 1 is 1.07 bits per heavy atom. The molecule has 4 rings (SSSR count). The molecule has 0 atom stereocenters. The zero-order chi connectivity index (χ0) is 19.5. The zero-order valence-corrected chi connectivity index (χ0v) is 15.6. The van der Waals surface area contributed by atoms with Crippen LogP contribution in [0.4, 0.5) is 5.69 Å². The van der Waals surface area contributed by atoms with Crippen molar-refractivity contribution in [3.8, 4) is 17.1 Å². The maximum absolute atomic E-state index is 12.7. The zero-order valence-electron chi connectivity index (χ0n) is 15.6.